The van der Waals surface area contributed by atoms with Crippen LogP contribution in [0.2, 0.25) is 0 Å². The van der Waals surface area contributed by atoms with Crippen LogP contribution in [-0.4, -0.2) is 21.5 Å². The van der Waals surface area contributed by atoms with E-state index in [0.717, 1.165) is 29.7 Å². The fourth-order valence-electron chi connectivity index (χ4n) is 4.61. The molecule has 0 unspecified atom stereocenters. The summed E-state index contributed by atoms with van der Waals surface area (Å²) >= 11 is 0. The van der Waals surface area contributed by atoms with Gasteiger partial charge in [-0.1, -0.05) is 12.1 Å². The molecule has 34 heavy (non-hydrogen) atoms. The Labute approximate surface area is 199 Å². The molecule has 1 N–H and O–H groups in total. The number of carbonyl (C=O) groups excluding carboxylic acids is 1. The molecule has 0 radical (unpaired) electrons. The Morgan fingerprint density at radius 3 is 2.59 bits per heavy atom. The van der Waals surface area contributed by atoms with Crippen LogP contribution in [0, 0.1) is 30.0 Å². The number of nitrogens with zero attached hydrogens (tertiary/aromatic N) is 2. The van der Waals surface area contributed by atoms with Crippen LogP contribution in [0.25, 0.3) is 0 Å². The number of ether oxygens (including phenoxy) is 1. The zero-order valence-corrected chi connectivity index (χ0v) is 19.9. The van der Waals surface area contributed by atoms with Gasteiger partial charge in [0, 0.05) is 31.4 Å². The van der Waals surface area contributed by atoms with Crippen LogP contribution >= 0.6 is 0 Å². The van der Waals surface area contributed by atoms with Gasteiger partial charge in [-0.25, -0.2) is 4.39 Å². The Kier molecular flexibility index (Phi) is 6.15. The molecule has 2 aliphatic carbocycles. The maximum Gasteiger partial charge on any atom is 0.202 e. The molecule has 178 valence electrons. The van der Waals surface area contributed by atoms with Gasteiger partial charge >= 0.3 is 0 Å². The Hall–Kier alpha value is -3.15. The third-order valence-corrected chi connectivity index (χ3v) is 7.11. The number of ketones is 1. The van der Waals surface area contributed by atoms with Gasteiger partial charge in [0.1, 0.15) is 11.6 Å². The van der Waals surface area contributed by atoms with Gasteiger partial charge in [0.15, 0.2) is 5.78 Å². The molecule has 0 amide bonds. The molecule has 0 spiro atoms. The normalized spacial score (nSPS) is 16.4. The molecule has 5 rings (SSSR count). The summed E-state index contributed by atoms with van der Waals surface area (Å²) in [7, 11) is 1.85. The first kappa shape index (κ1) is 22.6. The van der Waals surface area contributed by atoms with Crippen molar-refractivity contribution >= 4 is 5.78 Å². The second-order valence-corrected chi connectivity index (χ2v) is 10.1. The van der Waals surface area contributed by atoms with Crippen LogP contribution in [0.15, 0.2) is 48.8 Å². The number of halogens is 1. The van der Waals surface area contributed by atoms with Gasteiger partial charge in [-0.2, -0.15) is 0 Å². The van der Waals surface area contributed by atoms with Crippen molar-refractivity contribution in [2.75, 3.05) is 6.61 Å². The summed E-state index contributed by atoms with van der Waals surface area (Å²) in [5.41, 5.74) is 3.67. The third-order valence-electron chi connectivity index (χ3n) is 7.11. The van der Waals surface area contributed by atoms with E-state index in [4.69, 9.17) is 10.1 Å². The summed E-state index contributed by atoms with van der Waals surface area (Å²) < 4.78 is 23.5. The molecule has 6 heteroatoms. The van der Waals surface area contributed by atoms with Gasteiger partial charge in [0.25, 0.3) is 0 Å². The number of rotatable bonds is 10. The average Bonchev–Trinajstić information content (AvgIpc) is 3.74. The first-order valence-electron chi connectivity index (χ1n) is 12.2. The summed E-state index contributed by atoms with van der Waals surface area (Å²) in [6.45, 7) is 2.96. The lowest BCUT2D eigenvalue weighted by Crippen LogP contribution is -2.22. The highest BCUT2D eigenvalue weighted by Crippen LogP contribution is 2.45. The number of Topliss-reactive ketones (excluding diaryl/α,β-unsaturated/α-hetero) is 1. The van der Waals surface area contributed by atoms with Crippen molar-refractivity contribution in [3.8, 4) is 5.75 Å². The first-order valence-corrected chi connectivity index (χ1v) is 12.2. The van der Waals surface area contributed by atoms with Gasteiger partial charge in [-0.05, 0) is 91.3 Å². The van der Waals surface area contributed by atoms with E-state index in [1.165, 1.54) is 18.9 Å². The number of carbonyl (C=O) groups is 1. The number of aryl methyl sites for hydroxylation is 2. The van der Waals surface area contributed by atoms with E-state index in [9.17, 15) is 9.18 Å². The molecule has 2 aliphatic rings. The average molecular weight is 462 g/mol. The van der Waals surface area contributed by atoms with Crippen LogP contribution in [-0.2, 0) is 13.6 Å². The van der Waals surface area contributed by atoms with Crippen molar-refractivity contribution in [3.05, 3.63) is 82.5 Å². The minimum absolute atomic E-state index is 0.0844. The topological polar surface area (TPSA) is 60.0 Å². The van der Waals surface area contributed by atoms with Crippen LogP contribution in [0.4, 0.5) is 4.39 Å². The summed E-state index contributed by atoms with van der Waals surface area (Å²) in [6, 6.07) is 11.0. The molecular formula is C28H32FN3O2. The highest BCUT2D eigenvalue weighted by molar-refractivity contribution is 5.97. The quantitative estimate of drug-likeness (QED) is 0.413. The fourth-order valence-corrected chi connectivity index (χ4v) is 4.61. The molecule has 2 fully saturated rings. The third kappa shape index (κ3) is 5.16. The van der Waals surface area contributed by atoms with E-state index in [2.05, 4.69) is 0 Å². The Bertz CT molecular complexity index is 1270. The van der Waals surface area contributed by atoms with Crippen molar-refractivity contribution in [1.29, 1.82) is 5.41 Å². The largest absolute Gasteiger partial charge is 0.493 e. The van der Waals surface area contributed by atoms with Crippen LogP contribution in [0.3, 0.4) is 0 Å². The molecular weight excluding hydrogens is 429 g/mol. The van der Waals surface area contributed by atoms with Crippen LogP contribution in [0.5, 0.6) is 5.75 Å². The van der Waals surface area contributed by atoms with Gasteiger partial charge < -0.3 is 13.9 Å². The lowest BCUT2D eigenvalue weighted by molar-refractivity contribution is 0.0969. The van der Waals surface area contributed by atoms with Gasteiger partial charge in [0.05, 0.1) is 13.2 Å². The van der Waals surface area contributed by atoms with Crippen LogP contribution in [0.1, 0.15) is 65.1 Å². The first-order chi connectivity index (χ1) is 16.4. The zero-order valence-electron chi connectivity index (χ0n) is 19.9. The molecule has 1 aromatic heterocycles. The molecule has 0 saturated heterocycles. The van der Waals surface area contributed by atoms with Crippen molar-refractivity contribution in [2.45, 2.75) is 51.5 Å². The predicted octanol–water partition coefficient (Wildman–Crippen LogP) is 5.36. The number of aromatic nitrogens is 2. The number of benzene rings is 2. The molecule has 1 atom stereocenters. The van der Waals surface area contributed by atoms with Crippen molar-refractivity contribution in [1.82, 2.24) is 9.13 Å². The lowest BCUT2D eigenvalue weighted by atomic mass is 9.86. The standard InChI is InChI=1S/C28H32FN3O2/c1-18-11-22(7-8-26(18)29)25(21-5-6-21)15-27(33)23-12-20(16-32-10-9-31(2)28(32)30)13-24(14-23)34-17-19-3-4-19/h7-14,19,21,25,30H,3-6,15-17H2,1-2H3/t25-/m0/s1. The Morgan fingerprint density at radius 1 is 1.15 bits per heavy atom. The van der Waals surface area contributed by atoms with E-state index >= 15 is 0 Å². The molecule has 2 saturated carbocycles. The van der Waals surface area contributed by atoms with Crippen LogP contribution < -0.4 is 10.4 Å². The number of hydrogen-bond acceptors (Lipinski definition) is 3. The Morgan fingerprint density at radius 2 is 1.94 bits per heavy atom. The Balaban J connectivity index is 1.41. The van der Waals surface area contributed by atoms with Gasteiger partial charge in [-0.15, -0.1) is 0 Å². The second-order valence-electron chi connectivity index (χ2n) is 10.1. The van der Waals surface area contributed by atoms with Gasteiger partial charge in [0.2, 0.25) is 5.62 Å². The minimum atomic E-state index is -0.207. The fraction of sp³-hybridized carbons (Fsp3) is 0.429. The summed E-state index contributed by atoms with van der Waals surface area (Å²) in [5.74, 6) is 1.80. The predicted molar refractivity (Wildman–Crippen MR) is 129 cm³/mol. The maximum absolute atomic E-state index is 13.8. The summed E-state index contributed by atoms with van der Waals surface area (Å²) in [6.07, 6.45) is 8.77. The molecule has 5 nitrogen and oxygen atoms in total. The van der Waals surface area contributed by atoms with Crippen molar-refractivity contribution in [3.63, 3.8) is 0 Å². The minimum Gasteiger partial charge on any atom is -0.493 e. The summed E-state index contributed by atoms with van der Waals surface area (Å²) in [5, 5.41) is 8.24. The van der Waals surface area contributed by atoms with E-state index in [-0.39, 0.29) is 17.5 Å². The van der Waals surface area contributed by atoms with E-state index < -0.39 is 0 Å². The monoisotopic (exact) mass is 461 g/mol. The smallest absolute Gasteiger partial charge is 0.202 e. The highest BCUT2D eigenvalue weighted by Gasteiger charge is 2.34. The zero-order chi connectivity index (χ0) is 23.8. The highest BCUT2D eigenvalue weighted by atomic mass is 19.1. The van der Waals surface area contributed by atoms with Gasteiger partial charge in [-0.3, -0.25) is 10.2 Å². The number of imidazole rings is 1. The molecule has 2 aromatic carbocycles. The molecule has 1 heterocycles. The lowest BCUT2D eigenvalue weighted by Gasteiger charge is -2.18. The number of nitrogens with one attached hydrogen (secondary N) is 1. The molecule has 0 aliphatic heterocycles. The molecule has 0 bridgehead atoms. The maximum atomic E-state index is 13.8. The number of hydrogen-bond donors (Lipinski definition) is 1. The van der Waals surface area contributed by atoms with E-state index in [1.807, 2.05) is 54.3 Å². The van der Waals surface area contributed by atoms with E-state index in [1.54, 1.807) is 11.5 Å². The van der Waals surface area contributed by atoms with Crippen molar-refractivity contribution in [2.24, 2.45) is 18.9 Å². The second kappa shape index (κ2) is 9.24. The van der Waals surface area contributed by atoms with E-state index in [0.29, 0.717) is 48.2 Å². The SMILES string of the molecule is Cc1cc([C@@H](CC(=O)c2cc(Cn3ccn(C)c3=N)cc(OCC3CC3)c2)C2CC2)ccc1F. The summed E-state index contributed by atoms with van der Waals surface area (Å²) in [4.78, 5) is 13.5. The molecule has 3 aromatic rings. The van der Waals surface area contributed by atoms with Crippen molar-refractivity contribution < 1.29 is 13.9 Å².